The number of hydrogen-bond donors (Lipinski definition) is 0. The molecule has 1 saturated heterocycles. The number of likely N-dealkylation sites (tertiary alicyclic amines) is 1. The molecule has 1 aromatic rings. The van der Waals surface area contributed by atoms with Crippen LogP contribution in [0.5, 0.6) is 0 Å². The Morgan fingerprint density at radius 3 is 2.86 bits per heavy atom. The Hall–Kier alpha value is -1.43. The minimum absolute atomic E-state index is 0.186. The molecule has 2 aliphatic rings. The molecule has 1 aliphatic heterocycles. The number of hydrogen-bond acceptors (Lipinski definition) is 4. The molecule has 2 fully saturated rings. The van der Waals surface area contributed by atoms with Crippen molar-refractivity contribution in [3.63, 3.8) is 0 Å². The first-order valence-corrected chi connectivity index (χ1v) is 7.80. The maximum absolute atomic E-state index is 12.6. The maximum atomic E-state index is 12.6. The van der Waals surface area contributed by atoms with Gasteiger partial charge in [-0.15, -0.1) is 10.2 Å². The predicted octanol–water partition coefficient (Wildman–Crippen LogP) is 1.48. The van der Waals surface area contributed by atoms with E-state index in [2.05, 4.69) is 10.2 Å². The van der Waals surface area contributed by atoms with Gasteiger partial charge in [-0.25, -0.2) is 0 Å². The van der Waals surface area contributed by atoms with Crippen molar-refractivity contribution in [3.8, 4) is 0 Å². The van der Waals surface area contributed by atoms with Crippen molar-refractivity contribution in [3.05, 3.63) is 12.2 Å². The van der Waals surface area contributed by atoms with Crippen molar-refractivity contribution in [2.75, 3.05) is 20.2 Å². The third-order valence-electron chi connectivity index (χ3n) is 5.06. The molecule has 1 aliphatic carbocycles. The molecule has 0 spiro atoms. The average Bonchev–Trinajstić information content (AvgIpc) is 2.89. The first-order valence-electron chi connectivity index (χ1n) is 7.80. The molecule has 0 N–H and O–H groups in total. The number of methoxy groups -OCH3 is 1. The topological polar surface area (TPSA) is 60.2 Å². The first-order chi connectivity index (χ1) is 10.1. The highest BCUT2D eigenvalue weighted by molar-refractivity contribution is 5.77. The fourth-order valence-corrected chi connectivity index (χ4v) is 3.49. The number of carbonyl (C=O) groups is 1. The fourth-order valence-electron chi connectivity index (χ4n) is 3.49. The zero-order chi connectivity index (χ0) is 14.9. The number of ether oxygens (including phenoxy) is 1. The molecular weight excluding hydrogens is 268 g/mol. The van der Waals surface area contributed by atoms with Crippen LogP contribution in [0.3, 0.4) is 0 Å². The van der Waals surface area contributed by atoms with Gasteiger partial charge in [-0.2, -0.15) is 0 Å². The van der Waals surface area contributed by atoms with E-state index in [0.29, 0.717) is 12.3 Å². The minimum Gasteiger partial charge on any atom is -0.378 e. The summed E-state index contributed by atoms with van der Waals surface area (Å²) in [6.45, 7) is 1.61. The molecule has 0 bridgehead atoms. The van der Waals surface area contributed by atoms with E-state index in [-0.39, 0.29) is 11.5 Å². The van der Waals surface area contributed by atoms with Crippen LogP contribution >= 0.6 is 0 Å². The highest BCUT2D eigenvalue weighted by atomic mass is 16.5. The second-order valence-corrected chi connectivity index (χ2v) is 6.40. The van der Waals surface area contributed by atoms with Gasteiger partial charge in [0.15, 0.2) is 0 Å². The van der Waals surface area contributed by atoms with Crippen LogP contribution in [0.1, 0.15) is 50.3 Å². The lowest BCUT2D eigenvalue weighted by atomic mass is 9.77. The Labute approximate surface area is 125 Å². The van der Waals surface area contributed by atoms with Gasteiger partial charge in [-0.1, -0.05) is 0 Å². The Bertz CT molecular complexity index is 504. The molecule has 6 nitrogen and oxygen atoms in total. The number of nitrogens with zero attached hydrogens (tertiary/aromatic N) is 4. The van der Waals surface area contributed by atoms with Gasteiger partial charge in [0.25, 0.3) is 0 Å². The molecule has 0 aromatic carbocycles. The molecule has 1 aromatic heterocycles. The van der Waals surface area contributed by atoms with E-state index in [4.69, 9.17) is 4.74 Å². The van der Waals surface area contributed by atoms with Crippen molar-refractivity contribution in [1.82, 2.24) is 19.7 Å². The number of aromatic nitrogens is 3. The summed E-state index contributed by atoms with van der Waals surface area (Å²) in [6.07, 6.45) is 7.54. The second kappa shape index (κ2) is 5.75. The summed E-state index contributed by atoms with van der Waals surface area (Å²) in [5.41, 5.74) is -0.186. The summed E-state index contributed by atoms with van der Waals surface area (Å²) in [6, 6.07) is 0. The third kappa shape index (κ3) is 2.81. The molecular formula is C15H24N4O2. The lowest BCUT2D eigenvalue weighted by molar-refractivity contribution is -0.145. The smallest absolute Gasteiger partial charge is 0.225 e. The SMILES string of the molecule is COC1(CC(=O)N2CCCC(c3nncn3C)C2)CCC1. The first kappa shape index (κ1) is 14.5. The van der Waals surface area contributed by atoms with E-state index in [0.717, 1.165) is 44.6 Å². The van der Waals surface area contributed by atoms with Gasteiger partial charge < -0.3 is 14.2 Å². The summed E-state index contributed by atoms with van der Waals surface area (Å²) in [7, 11) is 3.69. The summed E-state index contributed by atoms with van der Waals surface area (Å²) in [4.78, 5) is 14.6. The zero-order valence-electron chi connectivity index (χ0n) is 12.9. The highest BCUT2D eigenvalue weighted by Crippen LogP contribution is 2.39. The van der Waals surface area contributed by atoms with E-state index in [1.807, 2.05) is 16.5 Å². The van der Waals surface area contributed by atoms with Gasteiger partial charge in [0.2, 0.25) is 5.91 Å². The molecule has 21 heavy (non-hydrogen) atoms. The normalized spacial score (nSPS) is 24.7. The third-order valence-corrected chi connectivity index (χ3v) is 5.06. The summed E-state index contributed by atoms with van der Waals surface area (Å²) < 4.78 is 7.54. The van der Waals surface area contributed by atoms with E-state index in [1.165, 1.54) is 6.42 Å². The van der Waals surface area contributed by atoms with Crippen molar-refractivity contribution < 1.29 is 9.53 Å². The van der Waals surface area contributed by atoms with Crippen LogP contribution in [0.2, 0.25) is 0 Å². The number of carbonyl (C=O) groups excluding carboxylic acids is 1. The molecule has 2 heterocycles. The van der Waals surface area contributed by atoms with Gasteiger partial charge >= 0.3 is 0 Å². The standard InChI is InChI=1S/C15H24N4O2/c1-18-11-16-17-14(18)12-5-3-8-19(10-12)13(20)9-15(21-2)6-4-7-15/h11-12H,3-10H2,1-2H3. The van der Waals surface area contributed by atoms with E-state index in [1.54, 1.807) is 13.4 Å². The highest BCUT2D eigenvalue weighted by Gasteiger charge is 2.40. The van der Waals surface area contributed by atoms with Crippen molar-refractivity contribution >= 4 is 5.91 Å². The second-order valence-electron chi connectivity index (χ2n) is 6.40. The van der Waals surface area contributed by atoms with Crippen molar-refractivity contribution in [2.45, 2.75) is 50.0 Å². The van der Waals surface area contributed by atoms with Gasteiger partial charge in [-0.3, -0.25) is 4.79 Å². The Morgan fingerprint density at radius 1 is 1.48 bits per heavy atom. The lowest BCUT2D eigenvalue weighted by Gasteiger charge is -2.42. The molecule has 1 saturated carbocycles. The van der Waals surface area contributed by atoms with Gasteiger partial charge in [0.1, 0.15) is 12.2 Å². The Kier molecular flexibility index (Phi) is 3.97. The predicted molar refractivity (Wildman–Crippen MR) is 77.8 cm³/mol. The minimum atomic E-state index is -0.186. The van der Waals surface area contributed by atoms with E-state index < -0.39 is 0 Å². The van der Waals surface area contributed by atoms with Crippen LogP contribution in [0.15, 0.2) is 6.33 Å². The number of aryl methyl sites for hydroxylation is 1. The van der Waals surface area contributed by atoms with E-state index in [9.17, 15) is 4.79 Å². The van der Waals surface area contributed by atoms with Crippen LogP contribution in [-0.2, 0) is 16.6 Å². The Balaban J connectivity index is 1.63. The van der Waals surface area contributed by atoms with E-state index >= 15 is 0 Å². The molecule has 6 heteroatoms. The fraction of sp³-hybridized carbons (Fsp3) is 0.800. The largest absolute Gasteiger partial charge is 0.378 e. The lowest BCUT2D eigenvalue weighted by Crippen LogP contribution is -2.47. The average molecular weight is 292 g/mol. The number of rotatable bonds is 4. The molecule has 116 valence electrons. The van der Waals surface area contributed by atoms with Crippen LogP contribution in [-0.4, -0.2) is 51.4 Å². The van der Waals surface area contributed by atoms with Crippen LogP contribution < -0.4 is 0 Å². The zero-order valence-corrected chi connectivity index (χ0v) is 12.9. The summed E-state index contributed by atoms with van der Waals surface area (Å²) in [5.74, 6) is 1.51. The molecule has 0 radical (unpaired) electrons. The van der Waals surface area contributed by atoms with Gasteiger partial charge in [0.05, 0.1) is 12.0 Å². The number of piperidine rings is 1. The van der Waals surface area contributed by atoms with Gasteiger partial charge in [-0.05, 0) is 32.1 Å². The molecule has 1 atom stereocenters. The van der Waals surface area contributed by atoms with Crippen molar-refractivity contribution in [2.24, 2.45) is 7.05 Å². The van der Waals surface area contributed by atoms with Crippen LogP contribution in [0, 0.1) is 0 Å². The Morgan fingerprint density at radius 2 is 2.29 bits per heavy atom. The summed E-state index contributed by atoms with van der Waals surface area (Å²) in [5, 5.41) is 8.15. The quantitative estimate of drug-likeness (QED) is 0.843. The number of amides is 1. The van der Waals surface area contributed by atoms with Gasteiger partial charge in [0, 0.05) is 33.2 Å². The monoisotopic (exact) mass is 292 g/mol. The van der Waals surface area contributed by atoms with Crippen LogP contribution in [0.25, 0.3) is 0 Å². The van der Waals surface area contributed by atoms with Crippen LogP contribution in [0.4, 0.5) is 0 Å². The molecule has 3 rings (SSSR count). The summed E-state index contributed by atoms with van der Waals surface area (Å²) >= 11 is 0. The maximum Gasteiger partial charge on any atom is 0.225 e. The molecule has 1 amide bonds. The molecule has 1 unspecified atom stereocenters. The van der Waals surface area contributed by atoms with Crippen molar-refractivity contribution in [1.29, 1.82) is 0 Å².